The Morgan fingerprint density at radius 2 is 1.95 bits per heavy atom. The van der Waals surface area contributed by atoms with Gasteiger partial charge in [0.15, 0.2) is 6.61 Å². The van der Waals surface area contributed by atoms with Gasteiger partial charge in [-0.15, -0.1) is 0 Å². The van der Waals surface area contributed by atoms with E-state index in [1.165, 1.54) is 0 Å². The van der Waals surface area contributed by atoms with Gasteiger partial charge in [-0.2, -0.15) is 5.10 Å². The molecule has 0 atom stereocenters. The maximum Gasteiger partial charge on any atom is 0.262 e. The first-order valence-corrected chi connectivity index (χ1v) is 7.85. The highest BCUT2D eigenvalue weighted by molar-refractivity contribution is 9.11. The Morgan fingerprint density at radius 1 is 1.33 bits per heavy atom. The molecule has 21 heavy (non-hydrogen) atoms. The highest BCUT2D eigenvalue weighted by Gasteiger charge is 2.14. The number of aryl methyl sites for hydroxylation is 2. The van der Waals surface area contributed by atoms with E-state index in [-0.39, 0.29) is 12.5 Å². The summed E-state index contributed by atoms with van der Waals surface area (Å²) in [6.07, 6.45) is 0. The maximum absolute atomic E-state index is 12.0. The quantitative estimate of drug-likeness (QED) is 0.828. The van der Waals surface area contributed by atoms with E-state index in [0.29, 0.717) is 5.75 Å². The Balaban J connectivity index is 2.03. The maximum atomic E-state index is 12.0. The van der Waals surface area contributed by atoms with Gasteiger partial charge >= 0.3 is 0 Å². The van der Waals surface area contributed by atoms with Gasteiger partial charge in [0.1, 0.15) is 5.75 Å². The molecule has 1 aromatic carbocycles. The summed E-state index contributed by atoms with van der Waals surface area (Å²) in [4.78, 5) is 12.0. The number of para-hydroxylation sites is 1. The van der Waals surface area contributed by atoms with Crippen molar-refractivity contribution in [1.29, 1.82) is 0 Å². The van der Waals surface area contributed by atoms with Gasteiger partial charge in [0.25, 0.3) is 5.91 Å². The molecule has 0 aliphatic carbocycles. The highest BCUT2D eigenvalue weighted by atomic mass is 79.9. The van der Waals surface area contributed by atoms with Gasteiger partial charge in [0.05, 0.1) is 26.0 Å². The Hall–Kier alpha value is -1.34. The fraction of sp³-hybridized carbons (Fsp3) is 0.286. The fourth-order valence-electron chi connectivity index (χ4n) is 1.89. The molecule has 7 heteroatoms. The van der Waals surface area contributed by atoms with Crippen LogP contribution in [-0.2, 0) is 11.8 Å². The Morgan fingerprint density at radius 3 is 2.48 bits per heavy atom. The molecule has 0 aliphatic heterocycles. The number of hydrogen-bond donors (Lipinski definition) is 1. The molecule has 0 unspecified atom stereocenters. The van der Waals surface area contributed by atoms with E-state index < -0.39 is 0 Å². The molecule has 0 fully saturated rings. The van der Waals surface area contributed by atoms with Crippen LogP contribution in [0.3, 0.4) is 0 Å². The summed E-state index contributed by atoms with van der Waals surface area (Å²) in [5.41, 5.74) is 2.42. The zero-order valence-electron chi connectivity index (χ0n) is 11.9. The zero-order chi connectivity index (χ0) is 15.6. The third-order valence-electron chi connectivity index (χ3n) is 3.04. The molecule has 2 aromatic rings. The molecule has 0 radical (unpaired) electrons. The number of benzene rings is 1. The summed E-state index contributed by atoms with van der Waals surface area (Å²) < 4.78 is 8.87. The second-order valence-corrected chi connectivity index (χ2v) is 6.27. The number of halogens is 2. The summed E-state index contributed by atoms with van der Waals surface area (Å²) in [6, 6.07) is 5.59. The summed E-state index contributed by atoms with van der Waals surface area (Å²) in [5.74, 6) is 0.379. The molecule has 1 amide bonds. The van der Waals surface area contributed by atoms with Gasteiger partial charge in [-0.05, 0) is 57.8 Å². The predicted octanol–water partition coefficient (Wildman–Crippen LogP) is 3.58. The normalized spacial score (nSPS) is 10.5. The molecule has 1 heterocycles. The molecule has 0 spiro atoms. The number of ether oxygens (including phenoxy) is 1. The summed E-state index contributed by atoms with van der Waals surface area (Å²) in [7, 11) is 1.84. The lowest BCUT2D eigenvalue weighted by atomic mass is 10.3. The molecule has 0 aliphatic rings. The molecular formula is C14H15Br2N3O2. The van der Waals surface area contributed by atoms with Crippen LogP contribution >= 0.6 is 31.9 Å². The molecule has 0 bridgehead atoms. The van der Waals surface area contributed by atoms with Crippen molar-refractivity contribution in [2.75, 3.05) is 11.9 Å². The number of nitrogens with zero attached hydrogens (tertiary/aromatic N) is 2. The lowest BCUT2D eigenvalue weighted by molar-refractivity contribution is -0.118. The van der Waals surface area contributed by atoms with Crippen molar-refractivity contribution in [2.45, 2.75) is 13.8 Å². The average molecular weight is 417 g/mol. The van der Waals surface area contributed by atoms with Gasteiger partial charge in [-0.25, -0.2) is 0 Å². The van der Waals surface area contributed by atoms with Crippen molar-refractivity contribution in [3.8, 4) is 5.75 Å². The number of amides is 1. The first-order valence-electron chi connectivity index (χ1n) is 6.27. The van der Waals surface area contributed by atoms with Crippen LogP contribution in [0.2, 0.25) is 0 Å². The number of nitrogens with one attached hydrogen (secondary N) is 1. The minimum atomic E-state index is -0.225. The molecule has 5 nitrogen and oxygen atoms in total. The van der Waals surface area contributed by atoms with Gasteiger partial charge in [0, 0.05) is 7.05 Å². The van der Waals surface area contributed by atoms with Crippen LogP contribution in [-0.4, -0.2) is 22.3 Å². The monoisotopic (exact) mass is 415 g/mol. The number of carbonyl (C=O) groups excluding carboxylic acids is 1. The molecular weight excluding hydrogens is 402 g/mol. The standard InChI is InChI=1S/C14H15Br2N3O2/c1-8-13(9(2)19(3)18-8)17-12(20)7-21-14-10(15)5-4-6-11(14)16/h4-6H,7H2,1-3H3,(H,17,20). The van der Waals surface area contributed by atoms with Crippen LogP contribution < -0.4 is 10.1 Å². The summed E-state index contributed by atoms with van der Waals surface area (Å²) >= 11 is 6.78. The van der Waals surface area contributed by atoms with Crippen LogP contribution in [0.4, 0.5) is 5.69 Å². The molecule has 1 aromatic heterocycles. The van der Waals surface area contributed by atoms with Crippen LogP contribution in [0, 0.1) is 13.8 Å². The van der Waals surface area contributed by atoms with Crippen molar-refractivity contribution in [3.63, 3.8) is 0 Å². The molecule has 0 saturated heterocycles. The third kappa shape index (κ3) is 3.65. The van der Waals surface area contributed by atoms with E-state index in [9.17, 15) is 4.79 Å². The van der Waals surface area contributed by atoms with E-state index in [1.807, 2.05) is 39.1 Å². The molecule has 2 rings (SSSR count). The van der Waals surface area contributed by atoms with E-state index in [4.69, 9.17) is 4.74 Å². The topological polar surface area (TPSA) is 56.2 Å². The second kappa shape index (κ2) is 6.62. The first kappa shape index (κ1) is 16.0. The van der Waals surface area contributed by atoms with Crippen LogP contribution in [0.15, 0.2) is 27.1 Å². The van der Waals surface area contributed by atoms with E-state index in [0.717, 1.165) is 26.0 Å². The number of aromatic nitrogens is 2. The second-order valence-electron chi connectivity index (χ2n) is 4.56. The van der Waals surface area contributed by atoms with Gasteiger partial charge < -0.3 is 10.1 Å². The van der Waals surface area contributed by atoms with Crippen molar-refractivity contribution in [1.82, 2.24) is 9.78 Å². The van der Waals surface area contributed by atoms with Crippen molar-refractivity contribution >= 4 is 43.5 Å². The van der Waals surface area contributed by atoms with Gasteiger partial charge in [-0.1, -0.05) is 6.07 Å². The van der Waals surface area contributed by atoms with Gasteiger partial charge in [-0.3, -0.25) is 9.48 Å². The number of anilines is 1. The SMILES string of the molecule is Cc1nn(C)c(C)c1NC(=O)COc1c(Br)cccc1Br. The zero-order valence-corrected chi connectivity index (χ0v) is 15.1. The Kier molecular flexibility index (Phi) is 5.05. The van der Waals surface area contributed by atoms with Crippen LogP contribution in [0.5, 0.6) is 5.75 Å². The van der Waals surface area contributed by atoms with Gasteiger partial charge in [0.2, 0.25) is 0 Å². The lowest BCUT2D eigenvalue weighted by Gasteiger charge is -2.10. The minimum Gasteiger partial charge on any atom is -0.481 e. The first-order chi connectivity index (χ1) is 9.90. The fourth-order valence-corrected chi connectivity index (χ4v) is 3.12. The molecule has 112 valence electrons. The highest BCUT2D eigenvalue weighted by Crippen LogP contribution is 2.32. The van der Waals surface area contributed by atoms with E-state index in [1.54, 1.807) is 4.68 Å². The molecule has 1 N–H and O–H groups in total. The number of hydrogen-bond acceptors (Lipinski definition) is 3. The minimum absolute atomic E-state index is 0.0744. The Labute approximate surface area is 139 Å². The van der Waals surface area contributed by atoms with Crippen molar-refractivity contribution < 1.29 is 9.53 Å². The predicted molar refractivity (Wildman–Crippen MR) is 88.6 cm³/mol. The average Bonchev–Trinajstić information content (AvgIpc) is 2.65. The smallest absolute Gasteiger partial charge is 0.262 e. The van der Waals surface area contributed by atoms with Crippen molar-refractivity contribution in [3.05, 3.63) is 38.5 Å². The number of carbonyl (C=O) groups is 1. The largest absolute Gasteiger partial charge is 0.481 e. The van der Waals surface area contributed by atoms with Crippen LogP contribution in [0.1, 0.15) is 11.4 Å². The summed E-state index contributed by atoms with van der Waals surface area (Å²) in [5, 5.41) is 7.09. The lowest BCUT2D eigenvalue weighted by Crippen LogP contribution is -2.21. The Bertz CT molecular complexity index is 663. The molecule has 0 saturated carbocycles. The van der Waals surface area contributed by atoms with Crippen LogP contribution in [0.25, 0.3) is 0 Å². The van der Waals surface area contributed by atoms with E-state index in [2.05, 4.69) is 42.3 Å². The van der Waals surface area contributed by atoms with Crippen molar-refractivity contribution in [2.24, 2.45) is 7.05 Å². The summed E-state index contributed by atoms with van der Waals surface area (Å²) in [6.45, 7) is 3.68. The number of rotatable bonds is 4. The third-order valence-corrected chi connectivity index (χ3v) is 4.29. The van der Waals surface area contributed by atoms with E-state index >= 15 is 0 Å².